The van der Waals surface area contributed by atoms with Crippen LogP contribution >= 0.6 is 0 Å². The topological polar surface area (TPSA) is 44.4 Å². The van der Waals surface area contributed by atoms with Gasteiger partial charge >= 0.3 is 0 Å². The summed E-state index contributed by atoms with van der Waals surface area (Å²) < 4.78 is 0. The van der Waals surface area contributed by atoms with Gasteiger partial charge in [-0.3, -0.25) is 4.79 Å². The number of carbonyl (C=O) groups excluding carboxylic acids is 1. The van der Waals surface area contributed by atoms with Crippen LogP contribution in [-0.2, 0) is 10.2 Å². The second kappa shape index (κ2) is 10.6. The molecule has 0 unspecified atom stereocenters. The van der Waals surface area contributed by atoms with Crippen molar-refractivity contribution in [2.75, 3.05) is 36.4 Å². The summed E-state index contributed by atoms with van der Waals surface area (Å²) in [6.45, 7) is 4.00. The Hall–Kier alpha value is -3.89. The minimum atomic E-state index is -0.603. The normalized spacial score (nSPS) is 13.9. The number of anilines is 2. The molecule has 1 amide bonds. The lowest BCUT2D eigenvalue weighted by Gasteiger charge is -2.35. The zero-order valence-corrected chi connectivity index (χ0v) is 19.9. The van der Waals surface area contributed by atoms with Crippen LogP contribution in [0, 0.1) is 0 Å². The summed E-state index contributed by atoms with van der Waals surface area (Å²) in [5, 5.41) is 6.55. The highest BCUT2D eigenvalue weighted by Crippen LogP contribution is 2.42. The number of nitrogens with one attached hydrogen (secondary N) is 2. The molecule has 0 radical (unpaired) electrons. The lowest BCUT2D eigenvalue weighted by atomic mass is 9.67. The van der Waals surface area contributed by atoms with Gasteiger partial charge < -0.3 is 15.5 Å². The van der Waals surface area contributed by atoms with Gasteiger partial charge in [0.25, 0.3) is 0 Å². The van der Waals surface area contributed by atoms with E-state index in [4.69, 9.17) is 0 Å². The first-order chi connectivity index (χ1) is 17.3. The third kappa shape index (κ3) is 4.98. The van der Waals surface area contributed by atoms with Crippen LogP contribution in [0.25, 0.3) is 0 Å². The Morgan fingerprint density at radius 2 is 1.14 bits per heavy atom. The van der Waals surface area contributed by atoms with Crippen molar-refractivity contribution in [1.29, 1.82) is 0 Å². The molecule has 1 fully saturated rings. The number of hydrogen-bond acceptors (Lipinski definition) is 3. The van der Waals surface area contributed by atoms with Crippen molar-refractivity contribution in [2.45, 2.75) is 11.8 Å². The molecule has 4 heteroatoms. The van der Waals surface area contributed by atoms with E-state index < -0.39 is 5.41 Å². The number of nitrogens with zero attached hydrogens (tertiary/aromatic N) is 1. The average molecular weight is 462 g/mol. The molecule has 4 aromatic rings. The fraction of sp³-hybridized carbons (Fsp3) is 0.194. The number of carbonyl (C=O) groups is 1. The van der Waals surface area contributed by atoms with Crippen molar-refractivity contribution >= 4 is 17.3 Å². The molecule has 1 saturated heterocycles. The lowest BCUT2D eigenvalue weighted by Crippen LogP contribution is -2.43. The Balaban J connectivity index is 1.46. The van der Waals surface area contributed by atoms with E-state index in [9.17, 15) is 4.79 Å². The molecule has 2 N–H and O–H groups in total. The first kappa shape index (κ1) is 22.9. The van der Waals surface area contributed by atoms with Crippen LogP contribution in [0.2, 0.25) is 0 Å². The highest BCUT2D eigenvalue weighted by atomic mass is 16.1. The molecule has 1 heterocycles. The van der Waals surface area contributed by atoms with Crippen LogP contribution in [-0.4, -0.2) is 32.1 Å². The molecule has 0 saturated carbocycles. The largest absolute Gasteiger partial charge is 0.369 e. The van der Waals surface area contributed by atoms with Crippen molar-refractivity contribution < 1.29 is 4.79 Å². The van der Waals surface area contributed by atoms with Gasteiger partial charge in [-0.1, -0.05) is 91.0 Å². The van der Waals surface area contributed by atoms with Crippen molar-refractivity contribution in [1.82, 2.24) is 5.32 Å². The van der Waals surface area contributed by atoms with Crippen LogP contribution in [0.4, 0.5) is 11.4 Å². The monoisotopic (exact) mass is 461 g/mol. The molecule has 5 rings (SSSR count). The second-order valence-electron chi connectivity index (χ2n) is 9.01. The average Bonchev–Trinajstić information content (AvgIpc) is 2.94. The first-order valence-electron chi connectivity index (χ1n) is 12.3. The zero-order valence-electron chi connectivity index (χ0n) is 19.9. The van der Waals surface area contributed by atoms with Gasteiger partial charge in [0.05, 0.1) is 5.41 Å². The molecule has 1 aliphatic rings. The maximum Gasteiger partial charge on any atom is 0.225 e. The molecule has 0 aliphatic carbocycles. The lowest BCUT2D eigenvalue weighted by molar-refractivity contribution is -0.116. The van der Waals surface area contributed by atoms with Crippen LogP contribution in [0.1, 0.15) is 23.1 Å². The summed E-state index contributed by atoms with van der Waals surface area (Å²) in [7, 11) is 0. The molecule has 0 bridgehead atoms. The third-order valence-corrected chi connectivity index (χ3v) is 6.86. The van der Waals surface area contributed by atoms with Crippen LogP contribution in [0.15, 0.2) is 115 Å². The van der Waals surface area contributed by atoms with Gasteiger partial charge in [-0.2, -0.15) is 0 Å². The van der Waals surface area contributed by atoms with Gasteiger partial charge in [-0.05, 0) is 41.0 Å². The van der Waals surface area contributed by atoms with Crippen molar-refractivity contribution in [3.05, 3.63) is 132 Å². The minimum absolute atomic E-state index is 0.0171. The molecule has 176 valence electrons. The molecule has 0 atom stereocenters. The van der Waals surface area contributed by atoms with E-state index in [0.717, 1.165) is 48.6 Å². The van der Waals surface area contributed by atoms with Gasteiger partial charge in [0.1, 0.15) is 0 Å². The molecular formula is C31H31N3O. The van der Waals surface area contributed by atoms with Crippen molar-refractivity contribution in [2.24, 2.45) is 0 Å². The minimum Gasteiger partial charge on any atom is -0.369 e. The van der Waals surface area contributed by atoms with E-state index >= 15 is 0 Å². The van der Waals surface area contributed by atoms with Crippen molar-refractivity contribution in [3.63, 3.8) is 0 Å². The standard InChI is InChI=1S/C31H31N3O/c35-30(33-28-16-18-29(19-17-28)34-22-20-32-21-23-34)24-31(25-10-4-1-5-11-25,26-12-6-2-7-13-26)27-14-8-3-9-15-27/h1-19,32H,20-24H2,(H,33,35). The quantitative estimate of drug-likeness (QED) is 0.359. The maximum atomic E-state index is 13.6. The first-order valence-corrected chi connectivity index (χ1v) is 12.3. The van der Waals surface area contributed by atoms with E-state index in [1.807, 2.05) is 66.7 Å². The highest BCUT2D eigenvalue weighted by molar-refractivity contribution is 5.93. The van der Waals surface area contributed by atoms with E-state index in [2.05, 4.69) is 64.1 Å². The number of amides is 1. The molecule has 4 nitrogen and oxygen atoms in total. The Morgan fingerprint density at radius 1 is 0.686 bits per heavy atom. The predicted molar refractivity (Wildman–Crippen MR) is 144 cm³/mol. The fourth-order valence-corrected chi connectivity index (χ4v) is 5.10. The number of hydrogen-bond donors (Lipinski definition) is 2. The smallest absolute Gasteiger partial charge is 0.225 e. The Kier molecular flexibility index (Phi) is 6.92. The van der Waals surface area contributed by atoms with Gasteiger partial charge in [-0.15, -0.1) is 0 Å². The predicted octanol–water partition coefficient (Wildman–Crippen LogP) is 5.46. The Bertz CT molecular complexity index is 1120. The molecular weight excluding hydrogens is 430 g/mol. The van der Waals surface area contributed by atoms with Crippen LogP contribution in [0.3, 0.4) is 0 Å². The Labute approximate surface area is 207 Å². The molecule has 4 aromatic carbocycles. The fourth-order valence-electron chi connectivity index (χ4n) is 5.10. The van der Waals surface area contributed by atoms with Crippen LogP contribution < -0.4 is 15.5 Å². The van der Waals surface area contributed by atoms with Gasteiger partial charge in [0.2, 0.25) is 5.91 Å². The van der Waals surface area contributed by atoms with Crippen molar-refractivity contribution in [3.8, 4) is 0 Å². The highest BCUT2D eigenvalue weighted by Gasteiger charge is 2.38. The number of piperazine rings is 1. The van der Waals surface area contributed by atoms with Crippen LogP contribution in [0.5, 0.6) is 0 Å². The molecule has 35 heavy (non-hydrogen) atoms. The summed E-state index contributed by atoms with van der Waals surface area (Å²) in [5.41, 5.74) is 4.70. The summed E-state index contributed by atoms with van der Waals surface area (Å²) >= 11 is 0. The van der Waals surface area contributed by atoms with E-state index in [-0.39, 0.29) is 5.91 Å². The second-order valence-corrected chi connectivity index (χ2v) is 9.01. The molecule has 0 aromatic heterocycles. The van der Waals surface area contributed by atoms with E-state index in [0.29, 0.717) is 6.42 Å². The van der Waals surface area contributed by atoms with E-state index in [1.54, 1.807) is 0 Å². The Morgan fingerprint density at radius 3 is 1.60 bits per heavy atom. The number of benzene rings is 4. The maximum absolute atomic E-state index is 13.6. The van der Waals surface area contributed by atoms with Gasteiger partial charge in [-0.25, -0.2) is 0 Å². The summed E-state index contributed by atoms with van der Waals surface area (Å²) in [4.78, 5) is 16.0. The molecule has 1 aliphatic heterocycles. The molecule has 0 spiro atoms. The van der Waals surface area contributed by atoms with Gasteiger partial charge in [0, 0.05) is 44.0 Å². The summed E-state index contributed by atoms with van der Waals surface area (Å²) in [5.74, 6) is -0.0171. The SMILES string of the molecule is O=C(CC(c1ccccc1)(c1ccccc1)c1ccccc1)Nc1ccc(N2CCNCC2)cc1. The number of rotatable bonds is 7. The van der Waals surface area contributed by atoms with Gasteiger partial charge in [0.15, 0.2) is 0 Å². The summed E-state index contributed by atoms with van der Waals surface area (Å²) in [6, 6.07) is 39.2. The zero-order chi connectivity index (χ0) is 23.9. The third-order valence-electron chi connectivity index (χ3n) is 6.86. The van der Waals surface area contributed by atoms with E-state index in [1.165, 1.54) is 5.69 Å². The summed E-state index contributed by atoms with van der Waals surface area (Å²) in [6.07, 6.45) is 0.296.